The molecule has 1 heterocycles. The van der Waals surface area contributed by atoms with Crippen molar-refractivity contribution in [2.45, 2.75) is 32.3 Å². The van der Waals surface area contributed by atoms with E-state index in [-0.39, 0.29) is 11.8 Å². The van der Waals surface area contributed by atoms with Gasteiger partial charge in [-0.1, -0.05) is 6.07 Å². The van der Waals surface area contributed by atoms with E-state index in [0.29, 0.717) is 30.8 Å². The summed E-state index contributed by atoms with van der Waals surface area (Å²) in [5.41, 5.74) is -0.891. The summed E-state index contributed by atoms with van der Waals surface area (Å²) in [5, 5.41) is 14.3. The number of aliphatic hydroxyl groups is 1. The molecule has 5 nitrogen and oxygen atoms in total. The quantitative estimate of drug-likeness (QED) is 0.749. The van der Waals surface area contributed by atoms with E-state index >= 15 is 0 Å². The van der Waals surface area contributed by atoms with Crippen molar-refractivity contribution < 1.29 is 14.7 Å². The number of hydrogen-bond donors (Lipinski definition) is 2. The molecule has 0 spiro atoms. The van der Waals surface area contributed by atoms with Gasteiger partial charge in [0.2, 0.25) is 5.91 Å². The fraction of sp³-hybridized carbons (Fsp3) is 0.571. The predicted octanol–water partition coefficient (Wildman–Crippen LogP) is 1.49. The lowest BCUT2D eigenvalue weighted by molar-refractivity contribution is -0.132. The number of nitrogens with one attached hydrogen (secondary N) is 1. The molecule has 0 aliphatic heterocycles. The van der Waals surface area contributed by atoms with E-state index in [9.17, 15) is 14.7 Å². The average Bonchev–Trinajstić information content (AvgIpc) is 2.85. The molecule has 0 fully saturated rings. The molecule has 20 heavy (non-hydrogen) atoms. The highest BCUT2D eigenvalue weighted by Crippen LogP contribution is 2.08. The van der Waals surface area contributed by atoms with Crippen molar-refractivity contribution in [3.8, 4) is 0 Å². The summed E-state index contributed by atoms with van der Waals surface area (Å²) in [4.78, 5) is 25.6. The molecule has 1 aromatic heterocycles. The summed E-state index contributed by atoms with van der Waals surface area (Å²) in [6, 6.07) is 3.59. The molecule has 0 aromatic carbocycles. The molecule has 0 unspecified atom stereocenters. The zero-order valence-corrected chi connectivity index (χ0v) is 13.0. The van der Waals surface area contributed by atoms with Crippen LogP contribution in [0, 0.1) is 0 Å². The highest BCUT2D eigenvalue weighted by Gasteiger charge is 2.18. The Morgan fingerprint density at radius 2 is 2.15 bits per heavy atom. The van der Waals surface area contributed by atoms with Gasteiger partial charge in [-0.05, 0) is 31.7 Å². The van der Waals surface area contributed by atoms with Crippen molar-refractivity contribution in [2.24, 2.45) is 0 Å². The Morgan fingerprint density at radius 1 is 1.45 bits per heavy atom. The van der Waals surface area contributed by atoms with Gasteiger partial charge in [-0.2, -0.15) is 0 Å². The van der Waals surface area contributed by atoms with Crippen LogP contribution in [0.2, 0.25) is 0 Å². The molecule has 0 saturated carbocycles. The molecule has 0 aliphatic rings. The first-order chi connectivity index (χ1) is 9.29. The van der Waals surface area contributed by atoms with Gasteiger partial charge in [0.25, 0.3) is 5.91 Å². The first-order valence-corrected chi connectivity index (χ1v) is 7.45. The summed E-state index contributed by atoms with van der Waals surface area (Å²) in [7, 11) is 1.67. The standard InChI is InChI=1S/C14H22N2O3S/c1-14(2,19)10-16(3)12(17)7-4-8-15-13(18)11-6-5-9-20-11/h5-6,9,19H,4,7-8,10H2,1-3H3,(H,15,18). The van der Waals surface area contributed by atoms with Gasteiger partial charge in [0.1, 0.15) is 0 Å². The van der Waals surface area contributed by atoms with Crippen LogP contribution in [0.1, 0.15) is 36.4 Å². The minimum atomic E-state index is -0.891. The maximum Gasteiger partial charge on any atom is 0.261 e. The summed E-state index contributed by atoms with van der Waals surface area (Å²) < 4.78 is 0. The predicted molar refractivity (Wildman–Crippen MR) is 79.8 cm³/mol. The van der Waals surface area contributed by atoms with E-state index < -0.39 is 5.60 Å². The highest BCUT2D eigenvalue weighted by atomic mass is 32.1. The summed E-state index contributed by atoms with van der Waals surface area (Å²) in [6.45, 7) is 4.10. The first-order valence-electron chi connectivity index (χ1n) is 6.57. The van der Waals surface area contributed by atoms with Gasteiger partial charge in [0.05, 0.1) is 10.5 Å². The van der Waals surface area contributed by atoms with Gasteiger partial charge in [-0.25, -0.2) is 0 Å². The van der Waals surface area contributed by atoms with Crippen LogP contribution in [0.4, 0.5) is 0 Å². The number of hydrogen-bond acceptors (Lipinski definition) is 4. The Balaban J connectivity index is 2.21. The van der Waals surface area contributed by atoms with E-state index in [1.165, 1.54) is 16.2 Å². The fourth-order valence-electron chi connectivity index (χ4n) is 1.80. The molecule has 0 atom stereocenters. The van der Waals surface area contributed by atoms with Crippen molar-refractivity contribution in [3.63, 3.8) is 0 Å². The number of rotatable bonds is 7. The molecular formula is C14H22N2O3S. The van der Waals surface area contributed by atoms with Crippen LogP contribution in [0.3, 0.4) is 0 Å². The molecular weight excluding hydrogens is 276 g/mol. The molecule has 0 saturated heterocycles. The van der Waals surface area contributed by atoms with Crippen LogP contribution in [-0.2, 0) is 4.79 Å². The Labute approximate surface area is 123 Å². The van der Waals surface area contributed by atoms with Crippen molar-refractivity contribution in [3.05, 3.63) is 22.4 Å². The van der Waals surface area contributed by atoms with Crippen LogP contribution in [-0.4, -0.2) is 47.6 Å². The summed E-state index contributed by atoms with van der Waals surface area (Å²) >= 11 is 1.39. The van der Waals surface area contributed by atoms with Crippen LogP contribution in [0.15, 0.2) is 17.5 Å². The fourth-order valence-corrected chi connectivity index (χ4v) is 2.44. The van der Waals surface area contributed by atoms with Gasteiger partial charge < -0.3 is 15.3 Å². The lowest BCUT2D eigenvalue weighted by Crippen LogP contribution is -2.39. The third kappa shape index (κ3) is 6.16. The van der Waals surface area contributed by atoms with Crippen LogP contribution < -0.4 is 5.32 Å². The second kappa shape index (κ2) is 7.40. The number of nitrogens with zero attached hydrogens (tertiary/aromatic N) is 1. The van der Waals surface area contributed by atoms with E-state index in [2.05, 4.69) is 5.32 Å². The molecule has 0 aliphatic carbocycles. The van der Waals surface area contributed by atoms with Gasteiger partial charge >= 0.3 is 0 Å². The Morgan fingerprint density at radius 3 is 2.70 bits per heavy atom. The van der Waals surface area contributed by atoms with Crippen molar-refractivity contribution >= 4 is 23.2 Å². The van der Waals surface area contributed by atoms with E-state index in [1.54, 1.807) is 27.0 Å². The normalized spacial score (nSPS) is 11.2. The van der Waals surface area contributed by atoms with Crippen LogP contribution in [0.5, 0.6) is 0 Å². The molecule has 2 N–H and O–H groups in total. The highest BCUT2D eigenvalue weighted by molar-refractivity contribution is 7.12. The molecule has 6 heteroatoms. The minimum absolute atomic E-state index is 0.0301. The van der Waals surface area contributed by atoms with E-state index in [1.807, 2.05) is 11.4 Å². The SMILES string of the molecule is CN(CC(C)(C)O)C(=O)CCCNC(=O)c1cccs1. The number of carbonyl (C=O) groups is 2. The lowest BCUT2D eigenvalue weighted by Gasteiger charge is -2.25. The first kappa shape index (κ1) is 16.7. The Hall–Kier alpha value is -1.40. The van der Waals surface area contributed by atoms with Gasteiger partial charge in [-0.3, -0.25) is 9.59 Å². The van der Waals surface area contributed by atoms with E-state index in [4.69, 9.17) is 0 Å². The van der Waals surface area contributed by atoms with Crippen LogP contribution >= 0.6 is 11.3 Å². The van der Waals surface area contributed by atoms with Gasteiger partial charge in [0, 0.05) is 26.6 Å². The zero-order valence-electron chi connectivity index (χ0n) is 12.2. The molecule has 1 aromatic rings. The van der Waals surface area contributed by atoms with E-state index in [0.717, 1.165) is 0 Å². The summed E-state index contributed by atoms with van der Waals surface area (Å²) in [5.74, 6) is -0.130. The maximum absolute atomic E-state index is 11.8. The second-order valence-electron chi connectivity index (χ2n) is 5.40. The lowest BCUT2D eigenvalue weighted by atomic mass is 10.1. The number of likely N-dealkylation sites (N-methyl/N-ethyl adjacent to an activating group) is 1. The largest absolute Gasteiger partial charge is 0.389 e. The number of thiophene rings is 1. The topological polar surface area (TPSA) is 69.6 Å². The Bertz CT molecular complexity index is 438. The zero-order chi connectivity index (χ0) is 15.2. The third-order valence-electron chi connectivity index (χ3n) is 2.65. The Kier molecular flexibility index (Phi) is 6.16. The average molecular weight is 298 g/mol. The molecule has 112 valence electrons. The smallest absolute Gasteiger partial charge is 0.261 e. The molecule has 0 radical (unpaired) electrons. The minimum Gasteiger partial charge on any atom is -0.389 e. The van der Waals surface area contributed by atoms with Gasteiger partial charge in [-0.15, -0.1) is 11.3 Å². The molecule has 1 rings (SSSR count). The van der Waals surface area contributed by atoms with Crippen molar-refractivity contribution in [2.75, 3.05) is 20.1 Å². The third-order valence-corrected chi connectivity index (χ3v) is 3.52. The second-order valence-corrected chi connectivity index (χ2v) is 6.35. The molecule has 0 bridgehead atoms. The van der Waals surface area contributed by atoms with Crippen molar-refractivity contribution in [1.82, 2.24) is 10.2 Å². The number of carbonyl (C=O) groups excluding carboxylic acids is 2. The van der Waals surface area contributed by atoms with Crippen molar-refractivity contribution in [1.29, 1.82) is 0 Å². The summed E-state index contributed by atoms with van der Waals surface area (Å²) in [6.07, 6.45) is 0.948. The van der Waals surface area contributed by atoms with Crippen LogP contribution in [0.25, 0.3) is 0 Å². The van der Waals surface area contributed by atoms with Gasteiger partial charge in [0.15, 0.2) is 0 Å². The monoisotopic (exact) mass is 298 g/mol. The molecule has 2 amide bonds. The number of amides is 2. The maximum atomic E-state index is 11.8.